The minimum absolute atomic E-state index is 0.578. The summed E-state index contributed by atoms with van der Waals surface area (Å²) < 4.78 is 0. The van der Waals surface area contributed by atoms with Crippen molar-refractivity contribution in [2.24, 2.45) is 10.8 Å². The number of aromatic nitrogens is 2. The topological polar surface area (TPSA) is 93.3 Å². The van der Waals surface area contributed by atoms with Crippen LogP contribution in [0.5, 0.6) is 0 Å². The van der Waals surface area contributed by atoms with Crippen LogP contribution in [0, 0.1) is 6.92 Å². The molecule has 3 N–H and O–H groups in total. The molecule has 0 fully saturated rings. The predicted octanol–water partition coefficient (Wildman–Crippen LogP) is 0.177. The van der Waals surface area contributed by atoms with Crippen LogP contribution in [-0.4, -0.2) is 21.7 Å². The van der Waals surface area contributed by atoms with Crippen LogP contribution in [-0.2, 0) is 0 Å². The molecule has 0 saturated carbocycles. The van der Waals surface area contributed by atoms with Gasteiger partial charge in [0.2, 0.25) is 0 Å². The van der Waals surface area contributed by atoms with E-state index in [2.05, 4.69) is 20.5 Å². The molecule has 0 aliphatic carbocycles. The standard InChI is InChI=1S/C8H11N5O/c1-5(12-13-8(9)14)7-3-4-10-6(2)11-7/h3-4H,1-2H3,(H3,9,13,14)/b12-5+. The van der Waals surface area contributed by atoms with Crippen LogP contribution in [0.25, 0.3) is 0 Å². The van der Waals surface area contributed by atoms with Crippen molar-refractivity contribution < 1.29 is 4.79 Å². The predicted molar refractivity (Wildman–Crippen MR) is 51.7 cm³/mol. The molecule has 0 radical (unpaired) electrons. The van der Waals surface area contributed by atoms with E-state index in [9.17, 15) is 4.79 Å². The number of hydrazone groups is 1. The number of carbonyl (C=O) groups excluding carboxylic acids is 1. The summed E-state index contributed by atoms with van der Waals surface area (Å²) in [6.45, 7) is 3.50. The molecule has 14 heavy (non-hydrogen) atoms. The maximum atomic E-state index is 10.4. The van der Waals surface area contributed by atoms with E-state index in [1.165, 1.54) is 0 Å². The second kappa shape index (κ2) is 4.31. The normalized spacial score (nSPS) is 11.1. The molecule has 1 heterocycles. The average Bonchev–Trinajstić information content (AvgIpc) is 2.14. The Labute approximate surface area is 81.2 Å². The van der Waals surface area contributed by atoms with E-state index < -0.39 is 6.03 Å². The number of carbonyl (C=O) groups is 1. The zero-order valence-electron chi connectivity index (χ0n) is 7.98. The molecule has 1 aromatic heterocycles. The van der Waals surface area contributed by atoms with Crippen LogP contribution >= 0.6 is 0 Å². The summed E-state index contributed by atoms with van der Waals surface area (Å²) >= 11 is 0. The number of hydrogen-bond acceptors (Lipinski definition) is 4. The van der Waals surface area contributed by atoms with Crippen LogP contribution in [0.15, 0.2) is 17.4 Å². The van der Waals surface area contributed by atoms with E-state index in [4.69, 9.17) is 5.73 Å². The number of aryl methyl sites for hydroxylation is 1. The van der Waals surface area contributed by atoms with E-state index in [-0.39, 0.29) is 0 Å². The fraction of sp³-hybridized carbons (Fsp3) is 0.250. The number of amides is 2. The fourth-order valence-electron chi connectivity index (χ4n) is 0.854. The van der Waals surface area contributed by atoms with Gasteiger partial charge in [-0.1, -0.05) is 0 Å². The van der Waals surface area contributed by atoms with E-state index in [1.807, 2.05) is 0 Å². The van der Waals surface area contributed by atoms with Crippen molar-refractivity contribution in [3.05, 3.63) is 23.8 Å². The van der Waals surface area contributed by atoms with Crippen LogP contribution in [0.2, 0.25) is 0 Å². The third-order valence-corrected chi connectivity index (χ3v) is 1.48. The number of rotatable bonds is 2. The van der Waals surface area contributed by atoms with Gasteiger partial charge in [0, 0.05) is 6.20 Å². The van der Waals surface area contributed by atoms with Gasteiger partial charge >= 0.3 is 6.03 Å². The quantitative estimate of drug-likeness (QED) is 0.518. The Morgan fingerprint density at radius 3 is 2.93 bits per heavy atom. The molecule has 6 heteroatoms. The van der Waals surface area contributed by atoms with Gasteiger partial charge in [-0.15, -0.1) is 0 Å². The van der Waals surface area contributed by atoms with Crippen molar-refractivity contribution in [2.75, 3.05) is 0 Å². The first-order chi connectivity index (χ1) is 6.59. The van der Waals surface area contributed by atoms with Gasteiger partial charge in [-0.2, -0.15) is 5.10 Å². The largest absolute Gasteiger partial charge is 0.350 e. The summed E-state index contributed by atoms with van der Waals surface area (Å²) in [7, 11) is 0. The Morgan fingerprint density at radius 2 is 2.36 bits per heavy atom. The van der Waals surface area contributed by atoms with Crippen LogP contribution < -0.4 is 11.2 Å². The first kappa shape index (κ1) is 10.1. The number of hydrogen-bond donors (Lipinski definition) is 2. The van der Waals surface area contributed by atoms with Gasteiger partial charge in [0.15, 0.2) is 0 Å². The van der Waals surface area contributed by atoms with E-state index in [0.29, 0.717) is 17.2 Å². The molecule has 6 nitrogen and oxygen atoms in total. The van der Waals surface area contributed by atoms with Crippen molar-refractivity contribution in [2.45, 2.75) is 13.8 Å². The highest BCUT2D eigenvalue weighted by molar-refractivity contribution is 5.97. The molecule has 1 rings (SSSR count). The number of nitrogens with one attached hydrogen (secondary N) is 1. The lowest BCUT2D eigenvalue weighted by atomic mass is 10.3. The molecule has 1 aromatic rings. The highest BCUT2D eigenvalue weighted by Crippen LogP contribution is 1.96. The Kier molecular flexibility index (Phi) is 3.11. The van der Waals surface area contributed by atoms with Crippen molar-refractivity contribution in [1.29, 1.82) is 0 Å². The molecule has 0 unspecified atom stereocenters. The van der Waals surface area contributed by atoms with Crippen molar-refractivity contribution >= 4 is 11.7 Å². The van der Waals surface area contributed by atoms with E-state index in [0.717, 1.165) is 0 Å². The molecule has 2 amide bonds. The van der Waals surface area contributed by atoms with Gasteiger partial charge in [-0.3, -0.25) is 0 Å². The molecule has 0 aromatic carbocycles. The summed E-state index contributed by atoms with van der Waals surface area (Å²) in [5, 5.41) is 3.74. The lowest BCUT2D eigenvalue weighted by Gasteiger charge is -2.00. The summed E-state index contributed by atoms with van der Waals surface area (Å²) in [4.78, 5) is 18.4. The second-order valence-electron chi connectivity index (χ2n) is 2.66. The molecule has 0 atom stereocenters. The highest BCUT2D eigenvalue weighted by Gasteiger charge is 1.99. The van der Waals surface area contributed by atoms with Crippen molar-refractivity contribution in [1.82, 2.24) is 15.4 Å². The van der Waals surface area contributed by atoms with Gasteiger partial charge in [0.05, 0.1) is 11.4 Å². The highest BCUT2D eigenvalue weighted by atomic mass is 16.2. The summed E-state index contributed by atoms with van der Waals surface area (Å²) in [6, 6.07) is 1.00. The Hall–Kier alpha value is -1.98. The SMILES string of the molecule is C/C(=N\NC(N)=O)c1ccnc(C)n1. The van der Waals surface area contributed by atoms with E-state index >= 15 is 0 Å². The first-order valence-electron chi connectivity index (χ1n) is 3.99. The summed E-state index contributed by atoms with van der Waals surface area (Å²) in [5.74, 6) is 0.649. The third kappa shape index (κ3) is 2.81. The Bertz CT molecular complexity index is 374. The van der Waals surface area contributed by atoms with Crippen molar-refractivity contribution in [3.63, 3.8) is 0 Å². The molecular weight excluding hydrogens is 182 g/mol. The monoisotopic (exact) mass is 193 g/mol. The molecule has 0 spiro atoms. The lowest BCUT2D eigenvalue weighted by molar-refractivity contribution is 0.249. The minimum Gasteiger partial charge on any atom is -0.350 e. The zero-order valence-corrected chi connectivity index (χ0v) is 7.98. The van der Waals surface area contributed by atoms with Gasteiger partial charge in [0.25, 0.3) is 0 Å². The van der Waals surface area contributed by atoms with Crippen LogP contribution in [0.1, 0.15) is 18.4 Å². The molecule has 0 aliphatic heterocycles. The summed E-state index contributed by atoms with van der Waals surface area (Å²) in [5.41, 5.74) is 8.23. The fourth-order valence-corrected chi connectivity index (χ4v) is 0.854. The van der Waals surface area contributed by atoms with Gasteiger partial charge in [-0.05, 0) is 19.9 Å². The molecule has 0 bridgehead atoms. The van der Waals surface area contributed by atoms with E-state index in [1.54, 1.807) is 26.1 Å². The van der Waals surface area contributed by atoms with Gasteiger partial charge in [0.1, 0.15) is 5.82 Å². The number of nitrogens with two attached hydrogens (primary N) is 1. The zero-order chi connectivity index (χ0) is 10.6. The maximum absolute atomic E-state index is 10.4. The smallest absolute Gasteiger partial charge is 0.332 e. The minimum atomic E-state index is -0.699. The number of nitrogens with zero attached hydrogens (tertiary/aromatic N) is 3. The Balaban J connectivity index is 2.83. The van der Waals surface area contributed by atoms with Crippen LogP contribution in [0.3, 0.4) is 0 Å². The first-order valence-corrected chi connectivity index (χ1v) is 3.99. The summed E-state index contributed by atoms with van der Waals surface area (Å²) in [6.07, 6.45) is 1.63. The van der Waals surface area contributed by atoms with Gasteiger partial charge in [-0.25, -0.2) is 20.2 Å². The van der Waals surface area contributed by atoms with Gasteiger partial charge < -0.3 is 5.73 Å². The second-order valence-corrected chi connectivity index (χ2v) is 2.66. The average molecular weight is 193 g/mol. The number of primary amides is 1. The Morgan fingerprint density at radius 1 is 1.64 bits per heavy atom. The number of urea groups is 1. The molecule has 0 saturated heterocycles. The maximum Gasteiger partial charge on any atom is 0.332 e. The molecular formula is C8H11N5O. The lowest BCUT2D eigenvalue weighted by Crippen LogP contribution is -2.25. The molecule has 74 valence electrons. The molecule has 0 aliphatic rings. The van der Waals surface area contributed by atoms with Crippen molar-refractivity contribution in [3.8, 4) is 0 Å². The third-order valence-electron chi connectivity index (χ3n) is 1.48. The van der Waals surface area contributed by atoms with Crippen LogP contribution in [0.4, 0.5) is 4.79 Å².